The number of piperidine rings is 1. The molecule has 0 aromatic carbocycles. The summed E-state index contributed by atoms with van der Waals surface area (Å²) in [5.74, 6) is 1.85. The lowest BCUT2D eigenvalue weighted by atomic mass is 9.68. The van der Waals surface area contributed by atoms with Crippen LogP contribution < -0.4 is 10.1 Å². The monoisotopic (exact) mass is 397 g/mol. The van der Waals surface area contributed by atoms with Gasteiger partial charge in [0.15, 0.2) is 0 Å². The van der Waals surface area contributed by atoms with E-state index in [9.17, 15) is 4.79 Å². The largest absolute Gasteiger partial charge is 0.477 e. The molecule has 29 heavy (non-hydrogen) atoms. The molecular formula is C24H35N3O2. The summed E-state index contributed by atoms with van der Waals surface area (Å²) in [6.45, 7) is 5.23. The smallest absolute Gasteiger partial charge is 0.228 e. The second-order valence-corrected chi connectivity index (χ2v) is 9.74. The quantitative estimate of drug-likeness (QED) is 0.829. The molecular weight excluding hydrogens is 362 g/mol. The third kappa shape index (κ3) is 3.35. The molecule has 1 spiro atoms. The Balaban J connectivity index is 1.44. The van der Waals surface area contributed by atoms with Crippen LogP contribution in [0.15, 0.2) is 12.1 Å². The van der Waals surface area contributed by atoms with Gasteiger partial charge in [0, 0.05) is 42.3 Å². The van der Waals surface area contributed by atoms with Gasteiger partial charge in [-0.25, -0.2) is 4.98 Å². The summed E-state index contributed by atoms with van der Waals surface area (Å²) >= 11 is 0. The summed E-state index contributed by atoms with van der Waals surface area (Å²) in [7, 11) is 0. The highest BCUT2D eigenvalue weighted by Gasteiger charge is 2.53. The number of pyridine rings is 1. The van der Waals surface area contributed by atoms with E-state index in [0.29, 0.717) is 24.5 Å². The second-order valence-electron chi connectivity index (χ2n) is 9.74. The molecule has 4 aliphatic rings. The molecule has 158 valence electrons. The molecule has 0 radical (unpaired) electrons. The van der Waals surface area contributed by atoms with Gasteiger partial charge >= 0.3 is 0 Å². The zero-order valence-corrected chi connectivity index (χ0v) is 17.8. The third-order valence-corrected chi connectivity index (χ3v) is 8.10. The standard InChI is InChI=1S/C24H35N3O2/c1-17-10-11-19-22(26-17)29-14-12-24(19)16-25-15-20(24)23(28)27-13-6-5-9-21(27)18-7-3-2-4-8-18/h10-11,18,20-21,25H,2-9,12-16H2,1H3/t20-,21?,24-/m0/s1. The number of aromatic nitrogens is 1. The fourth-order valence-corrected chi connectivity index (χ4v) is 6.55. The van der Waals surface area contributed by atoms with Crippen molar-refractivity contribution in [3.05, 3.63) is 23.4 Å². The topological polar surface area (TPSA) is 54.5 Å². The van der Waals surface area contributed by atoms with Crippen LogP contribution in [-0.2, 0) is 10.2 Å². The molecule has 1 aliphatic carbocycles. The maximum Gasteiger partial charge on any atom is 0.228 e. The van der Waals surface area contributed by atoms with Crippen molar-refractivity contribution < 1.29 is 9.53 Å². The molecule has 1 amide bonds. The molecule has 0 bridgehead atoms. The Labute approximate surface area is 174 Å². The molecule has 3 atom stereocenters. The Kier molecular flexibility index (Phi) is 5.27. The van der Waals surface area contributed by atoms with E-state index >= 15 is 0 Å². The van der Waals surface area contributed by atoms with E-state index in [2.05, 4.69) is 27.3 Å². The van der Waals surface area contributed by atoms with Crippen molar-refractivity contribution in [1.82, 2.24) is 15.2 Å². The molecule has 3 aliphatic heterocycles. The molecule has 3 fully saturated rings. The summed E-state index contributed by atoms with van der Waals surface area (Å²) in [5, 5.41) is 3.57. The van der Waals surface area contributed by atoms with Crippen molar-refractivity contribution in [3.63, 3.8) is 0 Å². The Morgan fingerprint density at radius 1 is 1.17 bits per heavy atom. The van der Waals surface area contributed by atoms with Crippen molar-refractivity contribution in [2.75, 3.05) is 26.2 Å². The van der Waals surface area contributed by atoms with Gasteiger partial charge in [0.1, 0.15) is 0 Å². The Morgan fingerprint density at radius 2 is 2.00 bits per heavy atom. The van der Waals surface area contributed by atoms with Gasteiger partial charge in [0.05, 0.1) is 12.5 Å². The number of nitrogens with one attached hydrogen (secondary N) is 1. The summed E-state index contributed by atoms with van der Waals surface area (Å²) in [4.78, 5) is 21.0. The summed E-state index contributed by atoms with van der Waals surface area (Å²) in [5.41, 5.74) is 1.95. The number of nitrogens with zero attached hydrogens (tertiary/aromatic N) is 2. The number of amides is 1. The van der Waals surface area contributed by atoms with Crippen LogP contribution in [0.1, 0.15) is 69.0 Å². The molecule has 1 saturated carbocycles. The fourth-order valence-electron chi connectivity index (χ4n) is 6.55. The molecule has 5 rings (SSSR count). The molecule has 1 aromatic heterocycles. The van der Waals surface area contributed by atoms with E-state index < -0.39 is 0 Å². The van der Waals surface area contributed by atoms with Gasteiger partial charge in [-0.2, -0.15) is 0 Å². The fraction of sp³-hybridized carbons (Fsp3) is 0.750. The molecule has 4 heterocycles. The lowest BCUT2D eigenvalue weighted by Crippen LogP contribution is -2.54. The first-order chi connectivity index (χ1) is 14.2. The van der Waals surface area contributed by atoms with Crippen molar-refractivity contribution in [3.8, 4) is 5.88 Å². The summed E-state index contributed by atoms with van der Waals surface area (Å²) in [6.07, 6.45) is 11.2. The number of hydrogen-bond acceptors (Lipinski definition) is 4. The number of aryl methyl sites for hydroxylation is 1. The maximum atomic E-state index is 14.0. The van der Waals surface area contributed by atoms with Gasteiger partial charge in [0.2, 0.25) is 11.8 Å². The van der Waals surface area contributed by atoms with E-state index in [1.54, 1.807) is 0 Å². The highest BCUT2D eigenvalue weighted by Crippen LogP contribution is 2.46. The molecule has 1 N–H and O–H groups in total. The van der Waals surface area contributed by atoms with Crippen LogP contribution in [0.3, 0.4) is 0 Å². The first kappa shape index (κ1) is 19.3. The first-order valence-electron chi connectivity index (χ1n) is 11.8. The lowest BCUT2D eigenvalue weighted by molar-refractivity contribution is -0.142. The van der Waals surface area contributed by atoms with Crippen molar-refractivity contribution in [2.45, 2.75) is 76.2 Å². The SMILES string of the molecule is Cc1ccc2c(n1)OCC[C@]21CNC[C@H]1C(=O)N1CCCCC1C1CCCCC1. The van der Waals surface area contributed by atoms with Crippen molar-refractivity contribution >= 4 is 5.91 Å². The van der Waals surface area contributed by atoms with Crippen molar-refractivity contribution in [1.29, 1.82) is 0 Å². The highest BCUT2D eigenvalue weighted by molar-refractivity contribution is 5.82. The Hall–Kier alpha value is -1.62. The minimum atomic E-state index is -0.167. The van der Waals surface area contributed by atoms with Crippen LogP contribution in [0.5, 0.6) is 5.88 Å². The van der Waals surface area contributed by atoms with Gasteiger partial charge in [-0.05, 0) is 57.4 Å². The van der Waals surface area contributed by atoms with Crippen LogP contribution in [0.4, 0.5) is 0 Å². The lowest BCUT2D eigenvalue weighted by Gasteiger charge is -2.46. The van der Waals surface area contributed by atoms with Crippen LogP contribution >= 0.6 is 0 Å². The van der Waals surface area contributed by atoms with E-state index in [1.165, 1.54) is 44.9 Å². The number of likely N-dealkylation sites (tertiary alicyclic amines) is 1. The minimum absolute atomic E-state index is 0.00107. The average Bonchev–Trinajstić information content (AvgIpc) is 3.17. The van der Waals surface area contributed by atoms with E-state index in [-0.39, 0.29) is 11.3 Å². The summed E-state index contributed by atoms with van der Waals surface area (Å²) in [6, 6.07) is 4.70. The predicted molar refractivity (Wildman–Crippen MR) is 113 cm³/mol. The van der Waals surface area contributed by atoms with E-state index in [1.807, 2.05) is 6.92 Å². The van der Waals surface area contributed by atoms with Crippen LogP contribution in [-0.4, -0.2) is 48.1 Å². The third-order valence-electron chi connectivity index (χ3n) is 8.10. The van der Waals surface area contributed by atoms with Crippen LogP contribution in [0, 0.1) is 18.8 Å². The minimum Gasteiger partial charge on any atom is -0.477 e. The number of carbonyl (C=O) groups excluding carboxylic acids is 1. The van der Waals surface area contributed by atoms with E-state index in [0.717, 1.165) is 49.6 Å². The first-order valence-corrected chi connectivity index (χ1v) is 11.8. The molecule has 2 saturated heterocycles. The molecule has 1 unspecified atom stereocenters. The zero-order valence-electron chi connectivity index (χ0n) is 17.8. The number of carbonyl (C=O) groups is 1. The number of rotatable bonds is 2. The number of ether oxygens (including phenoxy) is 1. The van der Waals surface area contributed by atoms with Crippen LogP contribution in [0.25, 0.3) is 0 Å². The van der Waals surface area contributed by atoms with Crippen molar-refractivity contribution in [2.24, 2.45) is 11.8 Å². The molecule has 5 heteroatoms. The average molecular weight is 398 g/mol. The van der Waals surface area contributed by atoms with Gasteiger partial charge in [-0.3, -0.25) is 4.79 Å². The normalized spacial score (nSPS) is 32.8. The highest BCUT2D eigenvalue weighted by atomic mass is 16.5. The van der Waals surface area contributed by atoms with Gasteiger partial charge in [-0.15, -0.1) is 0 Å². The van der Waals surface area contributed by atoms with Gasteiger partial charge < -0.3 is 15.0 Å². The number of fused-ring (bicyclic) bond motifs is 2. The second kappa shape index (κ2) is 7.90. The van der Waals surface area contributed by atoms with Gasteiger partial charge in [0.25, 0.3) is 0 Å². The van der Waals surface area contributed by atoms with E-state index in [4.69, 9.17) is 4.74 Å². The van der Waals surface area contributed by atoms with Crippen LogP contribution in [0.2, 0.25) is 0 Å². The molecule has 1 aromatic rings. The van der Waals surface area contributed by atoms with Gasteiger partial charge in [-0.1, -0.05) is 25.3 Å². The predicted octanol–water partition coefficient (Wildman–Crippen LogP) is 3.59. The Bertz CT molecular complexity index is 760. The number of hydrogen-bond donors (Lipinski definition) is 1. The summed E-state index contributed by atoms with van der Waals surface area (Å²) < 4.78 is 5.92. The maximum absolute atomic E-state index is 14.0. The Morgan fingerprint density at radius 3 is 2.86 bits per heavy atom. The zero-order chi connectivity index (χ0) is 19.8. The molecule has 5 nitrogen and oxygen atoms in total.